The standard InChI is InChI=1S/C44H48N6O10/c1-48-24-33(29-8-12-45-23-32(29)41(48)54)26-18-36(57-2)34(37(19-26)58-3)25-49-13-10-44(11-14-49)21-27(22-44)46-39(52)9-15-59-16-17-60-28-4-5-30-31(20-28)43(56)50(42(30)55)35-6-7-38(51)47-40(35)53/h4-5,8,12,18-20,23-24,27,35H,6-7,9-11,13-17,21-22,25H2,1-3H3,(H,46,52)(H,47,51,53). The third kappa shape index (κ3) is 7.96. The quantitative estimate of drug-likeness (QED) is 0.140. The highest BCUT2D eigenvalue weighted by Crippen LogP contribution is 2.49. The fourth-order valence-corrected chi connectivity index (χ4v) is 9.07. The zero-order valence-electron chi connectivity index (χ0n) is 33.9. The van der Waals surface area contributed by atoms with Crippen LogP contribution in [0.4, 0.5) is 0 Å². The van der Waals surface area contributed by atoms with Crippen LogP contribution < -0.4 is 30.4 Å². The summed E-state index contributed by atoms with van der Waals surface area (Å²) in [6.45, 7) is 3.12. The van der Waals surface area contributed by atoms with E-state index < -0.39 is 29.7 Å². The summed E-state index contributed by atoms with van der Waals surface area (Å²) in [7, 11) is 5.06. The molecule has 3 aliphatic heterocycles. The predicted molar refractivity (Wildman–Crippen MR) is 218 cm³/mol. The second kappa shape index (κ2) is 16.9. The summed E-state index contributed by atoms with van der Waals surface area (Å²) < 4.78 is 24.8. The van der Waals surface area contributed by atoms with Crippen LogP contribution in [0.25, 0.3) is 21.9 Å². The van der Waals surface area contributed by atoms with Crippen molar-refractivity contribution in [3.63, 3.8) is 0 Å². The van der Waals surface area contributed by atoms with Gasteiger partial charge in [-0.25, -0.2) is 0 Å². The number of carbonyl (C=O) groups is 5. The van der Waals surface area contributed by atoms with Gasteiger partial charge in [0.1, 0.15) is 29.9 Å². The Kier molecular flexibility index (Phi) is 11.4. The highest BCUT2D eigenvalue weighted by Gasteiger charge is 2.47. The van der Waals surface area contributed by atoms with Gasteiger partial charge in [0.05, 0.1) is 49.5 Å². The smallest absolute Gasteiger partial charge is 0.262 e. The van der Waals surface area contributed by atoms with Crippen LogP contribution in [-0.2, 0) is 32.7 Å². The Morgan fingerprint density at radius 1 is 0.900 bits per heavy atom. The van der Waals surface area contributed by atoms with E-state index in [-0.39, 0.29) is 73.1 Å². The number of piperidine rings is 2. The second-order valence-corrected chi connectivity index (χ2v) is 16.1. The molecule has 2 saturated heterocycles. The first-order chi connectivity index (χ1) is 29.0. The molecular formula is C44H48N6O10. The van der Waals surface area contributed by atoms with Crippen LogP contribution >= 0.6 is 0 Å². The SMILES string of the molecule is COc1cc(-c2cn(C)c(=O)c3cnccc23)cc(OC)c1CN1CCC2(CC1)CC(NC(=O)CCOCCOc1ccc3c(c1)C(=O)N(C1CCC(=O)NC1=O)C3=O)C2. The minimum absolute atomic E-state index is 0.0488. The molecule has 314 valence electrons. The molecule has 1 spiro atoms. The number of aryl methyl sites for hydroxylation is 1. The van der Waals surface area contributed by atoms with Crippen molar-refractivity contribution in [1.29, 1.82) is 0 Å². The van der Waals surface area contributed by atoms with Crippen LogP contribution in [0.2, 0.25) is 0 Å². The van der Waals surface area contributed by atoms with Gasteiger partial charge in [0.2, 0.25) is 17.7 Å². The lowest BCUT2D eigenvalue weighted by molar-refractivity contribution is -0.136. The van der Waals surface area contributed by atoms with Crippen molar-refractivity contribution in [3.05, 3.63) is 82.0 Å². The lowest BCUT2D eigenvalue weighted by Crippen LogP contribution is -2.54. The van der Waals surface area contributed by atoms with Crippen molar-refractivity contribution in [1.82, 2.24) is 30.0 Å². The van der Waals surface area contributed by atoms with Crippen molar-refractivity contribution in [2.75, 3.05) is 47.1 Å². The highest BCUT2D eigenvalue weighted by atomic mass is 16.5. The van der Waals surface area contributed by atoms with Gasteiger partial charge in [0.25, 0.3) is 17.4 Å². The number of hydrogen-bond donors (Lipinski definition) is 2. The van der Waals surface area contributed by atoms with E-state index in [1.165, 1.54) is 12.1 Å². The minimum Gasteiger partial charge on any atom is -0.496 e. The number of nitrogens with zero attached hydrogens (tertiary/aromatic N) is 4. The van der Waals surface area contributed by atoms with E-state index >= 15 is 0 Å². The maximum atomic E-state index is 13.1. The number of pyridine rings is 2. The number of nitrogens with one attached hydrogen (secondary N) is 2. The molecule has 4 aliphatic rings. The van der Waals surface area contributed by atoms with Crippen LogP contribution in [0, 0.1) is 5.41 Å². The number of aromatic nitrogens is 2. The minimum atomic E-state index is -1.03. The number of likely N-dealkylation sites (tertiary alicyclic amines) is 1. The van der Waals surface area contributed by atoms with Crippen LogP contribution in [0.5, 0.6) is 17.2 Å². The number of ether oxygens (including phenoxy) is 4. The van der Waals surface area contributed by atoms with Gasteiger partial charge >= 0.3 is 0 Å². The van der Waals surface area contributed by atoms with Crippen LogP contribution in [0.15, 0.2) is 59.8 Å². The Bertz CT molecular complexity index is 2410. The molecule has 16 heteroatoms. The molecular weight excluding hydrogens is 773 g/mol. The summed E-state index contributed by atoms with van der Waals surface area (Å²) in [5, 5.41) is 6.71. The molecule has 5 heterocycles. The molecule has 0 radical (unpaired) electrons. The average molecular weight is 821 g/mol. The van der Waals surface area contributed by atoms with Crippen molar-refractivity contribution in [3.8, 4) is 28.4 Å². The summed E-state index contributed by atoms with van der Waals surface area (Å²) in [4.78, 5) is 82.8. The van der Waals surface area contributed by atoms with E-state index in [1.54, 1.807) is 44.3 Å². The first-order valence-electron chi connectivity index (χ1n) is 20.2. The van der Waals surface area contributed by atoms with Gasteiger partial charge in [-0.1, -0.05) is 0 Å². The van der Waals surface area contributed by atoms with E-state index in [0.29, 0.717) is 17.7 Å². The molecule has 8 rings (SSSR count). The maximum Gasteiger partial charge on any atom is 0.262 e. The summed E-state index contributed by atoms with van der Waals surface area (Å²) in [5.41, 5.74) is 3.17. The molecule has 2 aromatic carbocycles. The zero-order chi connectivity index (χ0) is 42.1. The Morgan fingerprint density at radius 2 is 1.63 bits per heavy atom. The number of amides is 5. The first-order valence-corrected chi connectivity index (χ1v) is 20.2. The average Bonchev–Trinajstić information content (AvgIpc) is 3.48. The molecule has 5 amide bonds. The largest absolute Gasteiger partial charge is 0.496 e. The Hall–Kier alpha value is -6.13. The normalized spacial score (nSPS) is 19.0. The molecule has 1 saturated carbocycles. The van der Waals surface area contributed by atoms with Gasteiger partial charge in [-0.05, 0) is 98.0 Å². The maximum absolute atomic E-state index is 13.1. The van der Waals surface area contributed by atoms with Crippen LogP contribution in [-0.4, -0.2) is 108 Å². The van der Waals surface area contributed by atoms with E-state index in [9.17, 15) is 28.8 Å². The monoisotopic (exact) mass is 820 g/mol. The molecule has 1 atom stereocenters. The molecule has 60 heavy (non-hydrogen) atoms. The number of fused-ring (bicyclic) bond motifs is 2. The van der Waals surface area contributed by atoms with Gasteiger partial charge in [-0.15, -0.1) is 0 Å². The fraction of sp³-hybridized carbons (Fsp3) is 0.432. The van der Waals surface area contributed by atoms with Crippen LogP contribution in [0.1, 0.15) is 71.2 Å². The molecule has 2 N–H and O–H groups in total. The number of carbonyl (C=O) groups excluding carboxylic acids is 5. The lowest BCUT2D eigenvalue weighted by atomic mass is 9.60. The van der Waals surface area contributed by atoms with Gasteiger partial charge in [0.15, 0.2) is 0 Å². The highest BCUT2D eigenvalue weighted by molar-refractivity contribution is 6.23. The van der Waals surface area contributed by atoms with E-state index in [4.69, 9.17) is 18.9 Å². The molecule has 4 aromatic rings. The van der Waals surface area contributed by atoms with Crippen molar-refractivity contribution < 1.29 is 42.9 Å². The number of benzene rings is 2. The third-order valence-electron chi connectivity index (χ3n) is 12.3. The summed E-state index contributed by atoms with van der Waals surface area (Å²) >= 11 is 0. The molecule has 3 fully saturated rings. The second-order valence-electron chi connectivity index (χ2n) is 16.1. The molecule has 1 aliphatic carbocycles. The van der Waals surface area contributed by atoms with Gasteiger partial charge < -0.3 is 28.8 Å². The van der Waals surface area contributed by atoms with Gasteiger partial charge in [0, 0.05) is 56.6 Å². The molecule has 0 bridgehead atoms. The van der Waals surface area contributed by atoms with Crippen molar-refractivity contribution >= 4 is 40.3 Å². The van der Waals surface area contributed by atoms with Crippen LogP contribution in [0.3, 0.4) is 0 Å². The van der Waals surface area contributed by atoms with Gasteiger partial charge in [-0.2, -0.15) is 0 Å². The molecule has 1 unspecified atom stereocenters. The zero-order valence-corrected chi connectivity index (χ0v) is 33.9. The van der Waals surface area contributed by atoms with Crippen molar-refractivity contribution in [2.24, 2.45) is 12.5 Å². The number of hydrogen-bond acceptors (Lipinski definition) is 12. The number of imide groups is 2. The lowest BCUT2D eigenvalue weighted by Gasteiger charge is -2.52. The van der Waals surface area contributed by atoms with E-state index in [1.807, 2.05) is 24.4 Å². The fourth-order valence-electron chi connectivity index (χ4n) is 9.07. The van der Waals surface area contributed by atoms with Crippen molar-refractivity contribution in [2.45, 2.75) is 63.6 Å². The molecule has 2 aromatic heterocycles. The predicted octanol–water partition coefficient (Wildman–Crippen LogP) is 3.37. The van der Waals surface area contributed by atoms with E-state index in [2.05, 4.69) is 20.5 Å². The summed E-state index contributed by atoms with van der Waals surface area (Å²) in [6.07, 6.45) is 9.45. The number of methoxy groups -OCH3 is 2. The topological polar surface area (TPSA) is 188 Å². The third-order valence-corrected chi connectivity index (χ3v) is 12.3. The Morgan fingerprint density at radius 3 is 2.35 bits per heavy atom. The summed E-state index contributed by atoms with van der Waals surface area (Å²) in [6, 6.07) is 9.51. The molecule has 16 nitrogen and oxygen atoms in total. The summed E-state index contributed by atoms with van der Waals surface area (Å²) in [5.74, 6) is -0.516. The Labute approximate surface area is 346 Å². The number of rotatable bonds is 14. The first kappa shape index (κ1) is 40.6. The van der Waals surface area contributed by atoms with E-state index in [0.717, 1.165) is 77.2 Å². The van der Waals surface area contributed by atoms with Gasteiger partial charge in [-0.3, -0.25) is 48.9 Å². The Balaban J connectivity index is 0.755.